The summed E-state index contributed by atoms with van der Waals surface area (Å²) in [6, 6.07) is 0. The van der Waals surface area contributed by atoms with E-state index in [0.29, 0.717) is 12.3 Å². The third-order valence-corrected chi connectivity index (χ3v) is 8.65. The Bertz CT molecular complexity index is 867. The largest absolute Gasteiger partial charge is 0.426 e. The van der Waals surface area contributed by atoms with Crippen LogP contribution in [0, 0.1) is 23.2 Å². The lowest BCUT2D eigenvalue weighted by Gasteiger charge is -2.44. The van der Waals surface area contributed by atoms with Crippen molar-refractivity contribution in [3.05, 3.63) is 47.6 Å². The van der Waals surface area contributed by atoms with Crippen LogP contribution in [-0.2, 0) is 0 Å². The second-order valence-corrected chi connectivity index (χ2v) is 10.9. The zero-order valence-electron chi connectivity index (χ0n) is 20.4. The van der Waals surface area contributed by atoms with E-state index in [9.17, 15) is 36.6 Å². The van der Waals surface area contributed by atoms with Gasteiger partial charge in [-0.05, 0) is 80.1 Å². The topological polar surface area (TPSA) is 40.5 Å². The van der Waals surface area contributed by atoms with Gasteiger partial charge in [-0.3, -0.25) is 0 Å². The van der Waals surface area contributed by atoms with Gasteiger partial charge in [0, 0.05) is 6.42 Å². The first-order valence-electron chi connectivity index (χ1n) is 12.4. The minimum Gasteiger partial charge on any atom is -0.393 e. The monoisotopic (exact) mass is 506 g/mol. The van der Waals surface area contributed by atoms with E-state index in [4.69, 9.17) is 0 Å². The summed E-state index contributed by atoms with van der Waals surface area (Å²) in [6.45, 7) is 8.13. The van der Waals surface area contributed by atoms with Crippen molar-refractivity contribution in [3.8, 4) is 0 Å². The lowest BCUT2D eigenvalue weighted by Crippen LogP contribution is -2.56. The minimum absolute atomic E-state index is 0.0974. The summed E-state index contributed by atoms with van der Waals surface area (Å²) >= 11 is 0. The van der Waals surface area contributed by atoms with Crippen LogP contribution in [-0.4, -0.2) is 34.3 Å². The number of alkyl halides is 6. The molecule has 35 heavy (non-hydrogen) atoms. The lowest BCUT2D eigenvalue weighted by molar-refractivity contribution is -0.366. The predicted molar refractivity (Wildman–Crippen MR) is 123 cm³/mol. The Morgan fingerprint density at radius 3 is 2.34 bits per heavy atom. The minimum atomic E-state index is -5.81. The molecule has 3 aliphatic carbocycles. The van der Waals surface area contributed by atoms with Gasteiger partial charge in [0.05, 0.1) is 6.10 Å². The number of aliphatic hydroxyl groups is 2. The maximum Gasteiger partial charge on any atom is 0.426 e. The molecule has 3 fully saturated rings. The van der Waals surface area contributed by atoms with Crippen LogP contribution < -0.4 is 0 Å². The average molecular weight is 507 g/mol. The summed E-state index contributed by atoms with van der Waals surface area (Å²) in [5.41, 5.74) is -1.41. The molecule has 2 nitrogen and oxygen atoms in total. The third kappa shape index (κ3) is 5.58. The smallest absolute Gasteiger partial charge is 0.393 e. The molecule has 0 aromatic carbocycles. The fourth-order valence-corrected chi connectivity index (χ4v) is 6.52. The number of allylic oxidation sites excluding steroid dienone is 5. The molecule has 3 rings (SSSR count). The van der Waals surface area contributed by atoms with Gasteiger partial charge >= 0.3 is 12.4 Å². The summed E-state index contributed by atoms with van der Waals surface area (Å²) in [6.07, 6.45) is -0.293. The number of fused-ring (bicyclic) bond motifs is 1. The van der Waals surface area contributed by atoms with Crippen molar-refractivity contribution in [2.45, 2.75) is 95.7 Å². The molecular weight excluding hydrogens is 470 g/mol. The van der Waals surface area contributed by atoms with Crippen molar-refractivity contribution < 1.29 is 36.6 Å². The van der Waals surface area contributed by atoms with Crippen LogP contribution in [0.4, 0.5) is 26.3 Å². The highest BCUT2D eigenvalue weighted by atomic mass is 19.4. The maximum atomic E-state index is 13.0. The van der Waals surface area contributed by atoms with Crippen LogP contribution in [0.3, 0.4) is 0 Å². The van der Waals surface area contributed by atoms with Gasteiger partial charge in [-0.15, -0.1) is 0 Å². The van der Waals surface area contributed by atoms with E-state index in [1.807, 2.05) is 6.92 Å². The summed E-state index contributed by atoms with van der Waals surface area (Å²) in [5, 5.41) is 19.4. The first-order chi connectivity index (χ1) is 16.1. The second kappa shape index (κ2) is 10.1. The first kappa shape index (κ1) is 28.0. The Kier molecular flexibility index (Phi) is 8.07. The highest BCUT2D eigenvalue weighted by Crippen LogP contribution is 2.59. The molecule has 3 aliphatic rings. The predicted octanol–water partition coefficient (Wildman–Crippen LogP) is 7.59. The van der Waals surface area contributed by atoms with Crippen molar-refractivity contribution in [3.63, 3.8) is 0 Å². The normalized spacial score (nSPS) is 34.1. The number of rotatable bonds is 5. The molecular formula is C27H36F6O2. The standard InChI is InChI=1S/C27H36F6O2/c1-17-8-11-21(34)16-20(17)10-9-19-7-5-14-24(3)22(12-13-23(19)24)18(2)6-4-15-25(35,26(28,29)30)27(31,32)33/h4,6,9-10,18,21-23,34-35H,1,5,7-8,11-16H2,2-3H3/b6-4+,19-9+,20-10-/t18-,21+,22-,23+,24-/m1/s1. The quantitative estimate of drug-likeness (QED) is 0.298. The van der Waals surface area contributed by atoms with E-state index in [2.05, 4.69) is 25.7 Å². The molecule has 0 aromatic rings. The molecule has 0 unspecified atom stereocenters. The van der Waals surface area contributed by atoms with E-state index in [0.717, 1.165) is 62.2 Å². The van der Waals surface area contributed by atoms with Gasteiger partial charge in [0.25, 0.3) is 5.60 Å². The molecule has 0 saturated heterocycles. The molecule has 0 aliphatic heterocycles. The Labute approximate surface area is 203 Å². The maximum absolute atomic E-state index is 13.0. The molecule has 0 bridgehead atoms. The molecule has 0 aromatic heterocycles. The molecule has 0 radical (unpaired) electrons. The van der Waals surface area contributed by atoms with Crippen LogP contribution in [0.5, 0.6) is 0 Å². The van der Waals surface area contributed by atoms with Gasteiger partial charge in [-0.1, -0.05) is 55.9 Å². The van der Waals surface area contributed by atoms with Crippen molar-refractivity contribution in [2.75, 3.05) is 0 Å². The SMILES string of the molecule is C=C1CC[C@H](O)C/C1=C/C=C1\CCC[C@]2(C)[C@@H]([C@H](C)/C=C/CC(O)(C(F)(F)F)C(F)(F)F)CC[C@@H]12. The number of aliphatic hydroxyl groups excluding tert-OH is 1. The summed E-state index contributed by atoms with van der Waals surface area (Å²) < 4.78 is 77.8. The highest BCUT2D eigenvalue weighted by Gasteiger charge is 2.69. The molecule has 8 heteroatoms. The molecule has 198 valence electrons. The molecule has 3 saturated carbocycles. The molecule has 2 N–H and O–H groups in total. The van der Waals surface area contributed by atoms with Gasteiger partial charge < -0.3 is 10.2 Å². The van der Waals surface area contributed by atoms with Crippen LogP contribution in [0.15, 0.2) is 47.6 Å². The molecule has 0 heterocycles. The first-order valence-corrected chi connectivity index (χ1v) is 12.4. The van der Waals surface area contributed by atoms with Crippen LogP contribution >= 0.6 is 0 Å². The van der Waals surface area contributed by atoms with E-state index in [1.54, 1.807) is 0 Å². The zero-order valence-corrected chi connectivity index (χ0v) is 20.4. The van der Waals surface area contributed by atoms with Crippen LogP contribution in [0.1, 0.15) is 71.6 Å². The molecule has 0 amide bonds. The highest BCUT2D eigenvalue weighted by molar-refractivity contribution is 5.36. The summed E-state index contributed by atoms with van der Waals surface area (Å²) in [5.74, 6) is 0.205. The van der Waals surface area contributed by atoms with Gasteiger partial charge in [-0.2, -0.15) is 26.3 Å². The van der Waals surface area contributed by atoms with E-state index < -0.39 is 24.4 Å². The van der Waals surface area contributed by atoms with Crippen LogP contribution in [0.25, 0.3) is 0 Å². The fourth-order valence-electron chi connectivity index (χ4n) is 6.52. The van der Waals surface area contributed by atoms with Crippen molar-refractivity contribution in [1.29, 1.82) is 0 Å². The van der Waals surface area contributed by atoms with Crippen molar-refractivity contribution in [1.82, 2.24) is 0 Å². The van der Waals surface area contributed by atoms with Crippen molar-refractivity contribution in [2.24, 2.45) is 23.2 Å². The van der Waals surface area contributed by atoms with Crippen LogP contribution in [0.2, 0.25) is 0 Å². The fraction of sp³-hybridized carbons (Fsp3) is 0.704. The third-order valence-electron chi connectivity index (χ3n) is 8.65. The Morgan fingerprint density at radius 2 is 1.71 bits per heavy atom. The average Bonchev–Trinajstić information content (AvgIpc) is 3.10. The Balaban J connectivity index is 1.74. The summed E-state index contributed by atoms with van der Waals surface area (Å²) in [4.78, 5) is 0. The lowest BCUT2D eigenvalue weighted by atomic mass is 9.61. The number of hydrogen-bond donors (Lipinski definition) is 2. The van der Waals surface area contributed by atoms with Gasteiger partial charge in [-0.25, -0.2) is 0 Å². The molecule has 0 spiro atoms. The van der Waals surface area contributed by atoms with Gasteiger partial charge in [0.2, 0.25) is 0 Å². The van der Waals surface area contributed by atoms with E-state index in [1.165, 1.54) is 11.6 Å². The Hall–Kier alpha value is -1.54. The van der Waals surface area contributed by atoms with Gasteiger partial charge in [0.15, 0.2) is 0 Å². The number of hydrogen-bond acceptors (Lipinski definition) is 2. The Morgan fingerprint density at radius 1 is 1.06 bits per heavy atom. The zero-order chi connectivity index (χ0) is 26.2. The number of halogens is 6. The second-order valence-electron chi connectivity index (χ2n) is 10.9. The summed E-state index contributed by atoms with van der Waals surface area (Å²) in [7, 11) is 0. The van der Waals surface area contributed by atoms with E-state index >= 15 is 0 Å². The van der Waals surface area contributed by atoms with Gasteiger partial charge in [0.1, 0.15) is 0 Å². The molecule has 5 atom stereocenters. The van der Waals surface area contributed by atoms with Crippen molar-refractivity contribution >= 4 is 0 Å². The van der Waals surface area contributed by atoms with E-state index in [-0.39, 0.29) is 23.4 Å².